The number of fused-ring (bicyclic) bond motifs is 1. The summed E-state index contributed by atoms with van der Waals surface area (Å²) in [5.41, 5.74) is 3.11. The lowest BCUT2D eigenvalue weighted by molar-refractivity contribution is 0.0602. The number of hydrogen-bond donors (Lipinski definition) is 1. The fourth-order valence-electron chi connectivity index (χ4n) is 2.42. The number of ether oxygens (including phenoxy) is 1. The van der Waals surface area contributed by atoms with Gasteiger partial charge in [0.1, 0.15) is 5.69 Å². The van der Waals surface area contributed by atoms with E-state index in [1.165, 1.54) is 7.11 Å². The van der Waals surface area contributed by atoms with Crippen LogP contribution < -0.4 is 5.32 Å². The molecule has 0 spiro atoms. The molecule has 0 aliphatic rings. The van der Waals surface area contributed by atoms with Crippen molar-refractivity contribution in [3.05, 3.63) is 59.0 Å². The highest BCUT2D eigenvalue weighted by molar-refractivity contribution is 6.07. The smallest absolute Gasteiger partial charge is 0.339 e. The van der Waals surface area contributed by atoms with E-state index < -0.39 is 11.9 Å². The number of esters is 1. The quantitative estimate of drug-likeness (QED) is 0.748. The van der Waals surface area contributed by atoms with Crippen molar-refractivity contribution in [2.45, 2.75) is 13.8 Å². The van der Waals surface area contributed by atoms with Gasteiger partial charge in [0.05, 0.1) is 24.1 Å². The lowest BCUT2D eigenvalue weighted by atomic mass is 10.1. The van der Waals surface area contributed by atoms with Gasteiger partial charge in [-0.05, 0) is 32.0 Å². The number of carbonyl (C=O) groups excluding carboxylic acids is 2. The molecule has 122 valence electrons. The summed E-state index contributed by atoms with van der Waals surface area (Å²) in [6, 6.07) is 10.1. The molecule has 2 aromatic heterocycles. The fourth-order valence-corrected chi connectivity index (χ4v) is 2.42. The van der Waals surface area contributed by atoms with Crippen LogP contribution in [0.2, 0.25) is 0 Å². The Bertz CT molecular complexity index is 946. The number of carbonyl (C=O) groups is 2. The lowest BCUT2D eigenvalue weighted by Gasteiger charge is -2.10. The molecule has 24 heavy (non-hydrogen) atoms. The van der Waals surface area contributed by atoms with Crippen molar-refractivity contribution in [1.82, 2.24) is 14.6 Å². The molecule has 0 atom stereocenters. The third-order valence-corrected chi connectivity index (χ3v) is 3.54. The Morgan fingerprint density at radius 3 is 2.67 bits per heavy atom. The first-order valence-electron chi connectivity index (χ1n) is 7.32. The molecular formula is C17H16N4O3. The molecule has 0 saturated carbocycles. The molecule has 0 aliphatic carbocycles. The van der Waals surface area contributed by atoms with Crippen LogP contribution in [0.1, 0.15) is 32.2 Å². The average Bonchev–Trinajstić information content (AvgIpc) is 2.95. The largest absolute Gasteiger partial charge is 0.465 e. The molecule has 0 radical (unpaired) electrons. The molecule has 1 N–H and O–H groups in total. The van der Waals surface area contributed by atoms with Gasteiger partial charge in [-0.2, -0.15) is 5.10 Å². The SMILES string of the molecule is COC(=O)c1ccccc1NC(=O)c1cc(C)n2nc(C)cc2n1. The van der Waals surface area contributed by atoms with Gasteiger partial charge in [-0.1, -0.05) is 12.1 Å². The van der Waals surface area contributed by atoms with Gasteiger partial charge in [-0.25, -0.2) is 14.3 Å². The fraction of sp³-hybridized carbons (Fsp3) is 0.176. The van der Waals surface area contributed by atoms with E-state index >= 15 is 0 Å². The van der Waals surface area contributed by atoms with Crippen LogP contribution >= 0.6 is 0 Å². The van der Waals surface area contributed by atoms with Crippen molar-refractivity contribution in [3.63, 3.8) is 0 Å². The molecule has 0 unspecified atom stereocenters. The Morgan fingerprint density at radius 1 is 1.17 bits per heavy atom. The van der Waals surface area contributed by atoms with Crippen LogP contribution in [0.4, 0.5) is 5.69 Å². The molecule has 1 aromatic carbocycles. The monoisotopic (exact) mass is 324 g/mol. The van der Waals surface area contributed by atoms with E-state index in [9.17, 15) is 9.59 Å². The first kappa shape index (κ1) is 15.7. The number of nitrogens with one attached hydrogen (secondary N) is 1. The van der Waals surface area contributed by atoms with Crippen LogP contribution in [-0.2, 0) is 4.74 Å². The van der Waals surface area contributed by atoms with Gasteiger partial charge >= 0.3 is 5.97 Å². The van der Waals surface area contributed by atoms with Gasteiger partial charge in [-0.15, -0.1) is 0 Å². The van der Waals surface area contributed by atoms with Gasteiger partial charge in [0.2, 0.25) is 0 Å². The zero-order valence-corrected chi connectivity index (χ0v) is 13.5. The van der Waals surface area contributed by atoms with Gasteiger partial charge < -0.3 is 10.1 Å². The van der Waals surface area contributed by atoms with Gasteiger partial charge in [0.25, 0.3) is 5.91 Å². The van der Waals surface area contributed by atoms with E-state index in [1.54, 1.807) is 40.9 Å². The molecule has 0 fully saturated rings. The summed E-state index contributed by atoms with van der Waals surface area (Å²) in [4.78, 5) is 28.6. The second kappa shape index (κ2) is 6.11. The number of hydrogen-bond acceptors (Lipinski definition) is 5. The zero-order valence-electron chi connectivity index (χ0n) is 13.5. The molecular weight excluding hydrogens is 308 g/mol. The van der Waals surface area contributed by atoms with E-state index in [0.29, 0.717) is 11.3 Å². The summed E-state index contributed by atoms with van der Waals surface area (Å²) in [6.45, 7) is 3.71. The minimum Gasteiger partial charge on any atom is -0.465 e. The molecule has 7 nitrogen and oxygen atoms in total. The first-order valence-corrected chi connectivity index (χ1v) is 7.32. The predicted octanol–water partition coefficient (Wildman–Crippen LogP) is 2.39. The average molecular weight is 324 g/mol. The Labute approximate surface area is 138 Å². The van der Waals surface area contributed by atoms with Crippen LogP contribution in [0, 0.1) is 13.8 Å². The third-order valence-electron chi connectivity index (χ3n) is 3.54. The van der Waals surface area contributed by atoms with E-state index in [0.717, 1.165) is 11.4 Å². The number of aromatic nitrogens is 3. The predicted molar refractivity (Wildman–Crippen MR) is 88.2 cm³/mol. The Morgan fingerprint density at radius 2 is 1.92 bits per heavy atom. The van der Waals surface area contributed by atoms with Crippen LogP contribution in [0.25, 0.3) is 5.65 Å². The molecule has 2 heterocycles. The van der Waals surface area contributed by atoms with Crippen molar-refractivity contribution in [3.8, 4) is 0 Å². The minimum absolute atomic E-state index is 0.250. The summed E-state index contributed by atoms with van der Waals surface area (Å²) in [5, 5.41) is 7.02. The van der Waals surface area contributed by atoms with Gasteiger partial charge in [-0.3, -0.25) is 4.79 Å². The second-order valence-electron chi connectivity index (χ2n) is 5.33. The summed E-state index contributed by atoms with van der Waals surface area (Å²) in [5.74, 6) is -0.923. The highest BCUT2D eigenvalue weighted by Crippen LogP contribution is 2.17. The maximum Gasteiger partial charge on any atom is 0.339 e. The van der Waals surface area contributed by atoms with Crippen molar-refractivity contribution in [2.24, 2.45) is 0 Å². The standard InChI is InChI=1S/C17H16N4O3/c1-10-8-15-18-14(9-11(2)21(15)20-10)16(22)19-13-7-5-4-6-12(13)17(23)24-3/h4-9H,1-3H3,(H,19,22). The minimum atomic E-state index is -0.517. The van der Waals surface area contributed by atoms with Crippen LogP contribution in [0.5, 0.6) is 0 Å². The highest BCUT2D eigenvalue weighted by atomic mass is 16.5. The Kier molecular flexibility index (Phi) is 3.99. The molecule has 0 aliphatic heterocycles. The van der Waals surface area contributed by atoms with E-state index in [-0.39, 0.29) is 11.3 Å². The number of benzene rings is 1. The number of anilines is 1. The van der Waals surface area contributed by atoms with Crippen molar-refractivity contribution < 1.29 is 14.3 Å². The van der Waals surface area contributed by atoms with Crippen molar-refractivity contribution in [1.29, 1.82) is 0 Å². The summed E-state index contributed by atoms with van der Waals surface area (Å²) in [7, 11) is 1.29. The Balaban J connectivity index is 1.95. The number of para-hydroxylation sites is 1. The summed E-state index contributed by atoms with van der Waals surface area (Å²) in [6.07, 6.45) is 0. The highest BCUT2D eigenvalue weighted by Gasteiger charge is 2.16. The second-order valence-corrected chi connectivity index (χ2v) is 5.33. The van der Waals surface area contributed by atoms with Crippen molar-refractivity contribution in [2.75, 3.05) is 12.4 Å². The van der Waals surface area contributed by atoms with E-state index in [2.05, 4.69) is 15.4 Å². The Hall–Kier alpha value is -3.22. The van der Waals surface area contributed by atoms with Gasteiger partial charge in [0, 0.05) is 11.8 Å². The van der Waals surface area contributed by atoms with Crippen LogP contribution in [-0.4, -0.2) is 33.6 Å². The number of rotatable bonds is 3. The van der Waals surface area contributed by atoms with Gasteiger partial charge in [0.15, 0.2) is 5.65 Å². The molecule has 3 aromatic rings. The molecule has 0 bridgehead atoms. The number of methoxy groups -OCH3 is 1. The first-order chi connectivity index (χ1) is 11.5. The molecule has 1 amide bonds. The molecule has 7 heteroatoms. The van der Waals surface area contributed by atoms with E-state index in [1.807, 2.05) is 13.8 Å². The number of nitrogens with zero attached hydrogens (tertiary/aromatic N) is 3. The third kappa shape index (κ3) is 2.83. The van der Waals surface area contributed by atoms with E-state index in [4.69, 9.17) is 4.74 Å². The summed E-state index contributed by atoms with van der Waals surface area (Å²) < 4.78 is 6.40. The van der Waals surface area contributed by atoms with Crippen molar-refractivity contribution >= 4 is 23.2 Å². The number of aryl methyl sites for hydroxylation is 2. The number of amides is 1. The lowest BCUT2D eigenvalue weighted by Crippen LogP contribution is -2.17. The molecule has 3 rings (SSSR count). The van der Waals surface area contributed by atoms with Crippen LogP contribution in [0.3, 0.4) is 0 Å². The normalized spacial score (nSPS) is 10.6. The topological polar surface area (TPSA) is 85.6 Å². The van der Waals surface area contributed by atoms with Crippen LogP contribution in [0.15, 0.2) is 36.4 Å². The molecule has 0 saturated heterocycles. The zero-order chi connectivity index (χ0) is 17.3. The maximum absolute atomic E-state index is 12.5. The maximum atomic E-state index is 12.5. The summed E-state index contributed by atoms with van der Waals surface area (Å²) >= 11 is 0.